The van der Waals surface area contributed by atoms with Crippen molar-refractivity contribution in [1.82, 2.24) is 5.32 Å². The Morgan fingerprint density at radius 2 is 2.21 bits per heavy atom. The lowest BCUT2D eigenvalue weighted by molar-refractivity contribution is 0.578. The van der Waals surface area contributed by atoms with Gasteiger partial charge >= 0.3 is 0 Å². The van der Waals surface area contributed by atoms with E-state index in [1.54, 1.807) is 0 Å². The van der Waals surface area contributed by atoms with Crippen LogP contribution >= 0.6 is 0 Å². The molecule has 1 unspecified atom stereocenters. The van der Waals surface area contributed by atoms with E-state index in [1.165, 1.54) is 36.9 Å². The zero-order chi connectivity index (χ0) is 13.2. The molecule has 0 bridgehead atoms. The highest BCUT2D eigenvalue weighted by Crippen LogP contribution is 2.36. The van der Waals surface area contributed by atoms with E-state index in [1.807, 2.05) is 12.1 Å². The Morgan fingerprint density at radius 3 is 2.84 bits per heavy atom. The summed E-state index contributed by atoms with van der Waals surface area (Å²) < 4.78 is 0. The zero-order valence-electron chi connectivity index (χ0n) is 11.5. The predicted molar refractivity (Wildman–Crippen MR) is 77.3 cm³/mol. The smallest absolute Gasteiger partial charge is 0.101 e. The molecule has 3 heteroatoms. The van der Waals surface area contributed by atoms with E-state index in [4.69, 9.17) is 0 Å². The number of benzene rings is 1. The van der Waals surface area contributed by atoms with E-state index >= 15 is 0 Å². The molecule has 3 rings (SSSR count). The van der Waals surface area contributed by atoms with E-state index in [0.29, 0.717) is 12.1 Å². The number of hydrogen-bond acceptors (Lipinski definition) is 3. The first-order chi connectivity index (χ1) is 9.29. The van der Waals surface area contributed by atoms with Crippen LogP contribution in [0.3, 0.4) is 0 Å². The minimum atomic E-state index is 0.590. The van der Waals surface area contributed by atoms with Gasteiger partial charge in [-0.3, -0.25) is 0 Å². The van der Waals surface area contributed by atoms with Crippen LogP contribution in [0.5, 0.6) is 0 Å². The topological polar surface area (TPSA) is 39.1 Å². The normalized spacial score (nSPS) is 22.2. The highest BCUT2D eigenvalue weighted by atomic mass is 15.2. The minimum absolute atomic E-state index is 0.590. The molecule has 1 saturated heterocycles. The number of aryl methyl sites for hydroxylation is 1. The Hall–Kier alpha value is -1.53. The first kappa shape index (κ1) is 12.5. The van der Waals surface area contributed by atoms with Gasteiger partial charge in [0, 0.05) is 18.6 Å². The molecule has 19 heavy (non-hydrogen) atoms. The third-order valence-electron chi connectivity index (χ3n) is 4.21. The van der Waals surface area contributed by atoms with Gasteiger partial charge < -0.3 is 10.2 Å². The molecule has 1 aromatic rings. The van der Waals surface area contributed by atoms with Gasteiger partial charge in [0.05, 0.1) is 11.3 Å². The number of nitrogens with zero attached hydrogens (tertiary/aromatic N) is 2. The van der Waals surface area contributed by atoms with Crippen LogP contribution < -0.4 is 10.2 Å². The Balaban J connectivity index is 1.89. The molecule has 1 aliphatic carbocycles. The van der Waals surface area contributed by atoms with Crippen LogP contribution in [-0.4, -0.2) is 25.2 Å². The first-order valence-corrected chi connectivity index (χ1v) is 7.29. The van der Waals surface area contributed by atoms with Crippen molar-refractivity contribution >= 4 is 5.69 Å². The first-order valence-electron chi connectivity index (χ1n) is 7.29. The summed E-state index contributed by atoms with van der Waals surface area (Å²) in [6.45, 7) is 4.31. The fourth-order valence-corrected chi connectivity index (χ4v) is 3.09. The predicted octanol–water partition coefficient (Wildman–Crippen LogP) is 2.59. The van der Waals surface area contributed by atoms with Gasteiger partial charge in [-0.1, -0.05) is 12.1 Å². The summed E-state index contributed by atoms with van der Waals surface area (Å²) in [7, 11) is 0. The molecular weight excluding hydrogens is 234 g/mol. The van der Waals surface area contributed by atoms with Crippen LogP contribution in [0.25, 0.3) is 0 Å². The third-order valence-corrected chi connectivity index (χ3v) is 4.21. The summed E-state index contributed by atoms with van der Waals surface area (Å²) in [6.07, 6.45) is 5.08. The van der Waals surface area contributed by atoms with Crippen molar-refractivity contribution in [2.24, 2.45) is 0 Å². The molecule has 3 nitrogen and oxygen atoms in total. The summed E-state index contributed by atoms with van der Waals surface area (Å²) in [5, 5.41) is 12.9. The molecule has 2 fully saturated rings. The monoisotopic (exact) mass is 255 g/mol. The molecule has 2 aliphatic rings. The molecule has 1 aliphatic heterocycles. The molecule has 100 valence electrons. The summed E-state index contributed by atoms with van der Waals surface area (Å²) in [6, 6.07) is 9.65. The van der Waals surface area contributed by atoms with Crippen LogP contribution in [0.1, 0.15) is 36.8 Å². The number of rotatable bonds is 4. The van der Waals surface area contributed by atoms with Gasteiger partial charge in [0.2, 0.25) is 0 Å². The van der Waals surface area contributed by atoms with Crippen LogP contribution in [0, 0.1) is 18.3 Å². The van der Waals surface area contributed by atoms with Crippen molar-refractivity contribution in [3.8, 4) is 6.07 Å². The largest absolute Gasteiger partial charge is 0.366 e. The van der Waals surface area contributed by atoms with Crippen LogP contribution in [0.4, 0.5) is 5.69 Å². The second kappa shape index (κ2) is 5.22. The average Bonchev–Trinajstić information content (AvgIpc) is 3.14. The molecule has 1 aromatic carbocycles. The van der Waals surface area contributed by atoms with E-state index in [2.05, 4.69) is 29.3 Å². The number of hydrogen-bond donors (Lipinski definition) is 1. The summed E-state index contributed by atoms with van der Waals surface area (Å²) in [4.78, 5) is 2.48. The maximum Gasteiger partial charge on any atom is 0.101 e. The lowest BCUT2D eigenvalue weighted by atomic mass is 10.1. The van der Waals surface area contributed by atoms with Crippen LogP contribution in [0.15, 0.2) is 18.2 Å². The standard InChI is InChI=1S/C16H21N3/c1-12-4-2-5-13(10-17)16(12)19(15-7-8-15)11-14-6-3-9-18-14/h2,4-5,14-15,18H,3,6-9,11H2,1H3. The molecule has 0 amide bonds. The third kappa shape index (κ3) is 2.59. The maximum absolute atomic E-state index is 9.36. The van der Waals surface area contributed by atoms with Crippen LogP contribution in [-0.2, 0) is 0 Å². The van der Waals surface area contributed by atoms with Crippen molar-refractivity contribution in [2.45, 2.75) is 44.7 Å². The molecular formula is C16H21N3. The Morgan fingerprint density at radius 1 is 1.37 bits per heavy atom. The van der Waals surface area contributed by atoms with Crippen molar-refractivity contribution in [3.63, 3.8) is 0 Å². The number of nitrogens with one attached hydrogen (secondary N) is 1. The second-order valence-electron chi connectivity index (χ2n) is 5.76. The van der Waals surface area contributed by atoms with E-state index in [9.17, 15) is 5.26 Å². The fraction of sp³-hybridized carbons (Fsp3) is 0.562. The number of anilines is 1. The van der Waals surface area contributed by atoms with Crippen molar-refractivity contribution < 1.29 is 0 Å². The fourth-order valence-electron chi connectivity index (χ4n) is 3.09. The average molecular weight is 255 g/mol. The van der Waals surface area contributed by atoms with E-state index in [0.717, 1.165) is 18.7 Å². The Labute approximate surface area is 115 Å². The quantitative estimate of drug-likeness (QED) is 0.899. The summed E-state index contributed by atoms with van der Waals surface area (Å²) in [5.74, 6) is 0. The van der Waals surface area contributed by atoms with E-state index < -0.39 is 0 Å². The van der Waals surface area contributed by atoms with Gasteiger partial charge in [-0.05, 0) is 50.8 Å². The van der Waals surface area contributed by atoms with Gasteiger partial charge in [-0.2, -0.15) is 5.26 Å². The second-order valence-corrected chi connectivity index (χ2v) is 5.76. The summed E-state index contributed by atoms with van der Waals surface area (Å²) >= 11 is 0. The SMILES string of the molecule is Cc1cccc(C#N)c1N(CC1CCCN1)C1CC1. The van der Waals surface area contributed by atoms with Gasteiger partial charge in [-0.25, -0.2) is 0 Å². The highest BCUT2D eigenvalue weighted by Gasteiger charge is 2.33. The molecule has 1 heterocycles. The van der Waals surface area contributed by atoms with Gasteiger partial charge in [0.25, 0.3) is 0 Å². The maximum atomic E-state index is 9.36. The Kier molecular flexibility index (Phi) is 3.44. The molecule has 0 aromatic heterocycles. The van der Waals surface area contributed by atoms with Crippen LogP contribution in [0.2, 0.25) is 0 Å². The minimum Gasteiger partial charge on any atom is -0.366 e. The highest BCUT2D eigenvalue weighted by molar-refractivity contribution is 5.65. The van der Waals surface area contributed by atoms with Crippen molar-refractivity contribution in [3.05, 3.63) is 29.3 Å². The molecule has 1 saturated carbocycles. The van der Waals surface area contributed by atoms with Gasteiger partial charge in [0.1, 0.15) is 6.07 Å². The summed E-state index contributed by atoms with van der Waals surface area (Å²) in [5.41, 5.74) is 3.22. The van der Waals surface area contributed by atoms with Crippen molar-refractivity contribution in [1.29, 1.82) is 5.26 Å². The molecule has 1 atom stereocenters. The lowest BCUT2D eigenvalue weighted by Crippen LogP contribution is -2.39. The van der Waals surface area contributed by atoms with E-state index in [-0.39, 0.29) is 0 Å². The molecule has 1 N–H and O–H groups in total. The lowest BCUT2D eigenvalue weighted by Gasteiger charge is -2.30. The van der Waals surface area contributed by atoms with Gasteiger partial charge in [-0.15, -0.1) is 0 Å². The van der Waals surface area contributed by atoms with Gasteiger partial charge in [0.15, 0.2) is 0 Å². The zero-order valence-corrected chi connectivity index (χ0v) is 11.5. The Bertz CT molecular complexity index is 493. The van der Waals surface area contributed by atoms with Crippen molar-refractivity contribution in [2.75, 3.05) is 18.0 Å². The molecule has 0 radical (unpaired) electrons. The number of nitriles is 1. The number of para-hydroxylation sites is 1. The molecule has 0 spiro atoms.